The first-order chi connectivity index (χ1) is 10.0. The molecule has 3 N–H and O–H groups in total. The summed E-state index contributed by atoms with van der Waals surface area (Å²) in [6, 6.07) is 4.45. The van der Waals surface area contributed by atoms with Crippen LogP contribution in [-0.4, -0.2) is 40.6 Å². The molecule has 114 valence electrons. The molecule has 2 aliphatic heterocycles. The highest BCUT2D eigenvalue weighted by molar-refractivity contribution is 7.89. The van der Waals surface area contributed by atoms with Crippen LogP contribution in [0.15, 0.2) is 23.1 Å². The van der Waals surface area contributed by atoms with Gasteiger partial charge in [-0.3, -0.25) is 4.79 Å². The van der Waals surface area contributed by atoms with Crippen molar-refractivity contribution in [3.8, 4) is 5.75 Å². The van der Waals surface area contributed by atoms with Crippen LogP contribution < -0.4 is 20.1 Å². The van der Waals surface area contributed by atoms with Crippen LogP contribution in [0.4, 0.5) is 5.69 Å². The Balaban J connectivity index is 1.75. The number of amides is 1. The fourth-order valence-electron chi connectivity index (χ4n) is 2.43. The van der Waals surface area contributed by atoms with Gasteiger partial charge in [0, 0.05) is 6.54 Å². The predicted octanol–water partition coefficient (Wildman–Crippen LogP) is -0.0947. The van der Waals surface area contributed by atoms with Crippen molar-refractivity contribution in [2.24, 2.45) is 5.92 Å². The third kappa shape index (κ3) is 3.17. The Morgan fingerprint density at radius 2 is 2.24 bits per heavy atom. The fourth-order valence-corrected chi connectivity index (χ4v) is 3.57. The number of sulfonamides is 1. The van der Waals surface area contributed by atoms with E-state index in [0.717, 1.165) is 19.5 Å². The first kappa shape index (κ1) is 14.3. The minimum absolute atomic E-state index is 0.0496. The van der Waals surface area contributed by atoms with E-state index in [-0.39, 0.29) is 17.4 Å². The van der Waals surface area contributed by atoms with Gasteiger partial charge in [0.25, 0.3) is 5.91 Å². The number of rotatable bonds is 4. The van der Waals surface area contributed by atoms with E-state index in [1.165, 1.54) is 12.1 Å². The van der Waals surface area contributed by atoms with E-state index >= 15 is 0 Å². The number of carbonyl (C=O) groups is 1. The molecule has 0 spiro atoms. The molecular weight excluding hydrogens is 294 g/mol. The van der Waals surface area contributed by atoms with Gasteiger partial charge in [-0.15, -0.1) is 0 Å². The maximum Gasteiger partial charge on any atom is 0.262 e. The van der Waals surface area contributed by atoms with Gasteiger partial charge in [-0.2, -0.15) is 0 Å². The third-order valence-corrected chi connectivity index (χ3v) is 5.04. The zero-order valence-corrected chi connectivity index (χ0v) is 12.2. The first-order valence-corrected chi connectivity index (χ1v) is 8.30. The summed E-state index contributed by atoms with van der Waals surface area (Å²) in [6.07, 6.45) is 0.969. The smallest absolute Gasteiger partial charge is 0.262 e. The molecule has 21 heavy (non-hydrogen) atoms. The second-order valence-corrected chi connectivity index (χ2v) is 6.97. The van der Waals surface area contributed by atoms with E-state index in [0.29, 0.717) is 23.9 Å². The molecule has 1 fully saturated rings. The molecule has 0 radical (unpaired) electrons. The molecule has 0 aromatic heterocycles. The van der Waals surface area contributed by atoms with Crippen LogP contribution in [-0.2, 0) is 14.8 Å². The van der Waals surface area contributed by atoms with E-state index in [1.54, 1.807) is 6.07 Å². The van der Waals surface area contributed by atoms with E-state index in [4.69, 9.17) is 4.74 Å². The summed E-state index contributed by atoms with van der Waals surface area (Å²) in [6.45, 7) is 2.12. The summed E-state index contributed by atoms with van der Waals surface area (Å²) in [5.41, 5.74) is 0.386. The summed E-state index contributed by atoms with van der Waals surface area (Å²) >= 11 is 0. The lowest BCUT2D eigenvalue weighted by Gasteiger charge is -2.18. The van der Waals surface area contributed by atoms with E-state index < -0.39 is 10.0 Å². The van der Waals surface area contributed by atoms with Crippen LogP contribution in [0.2, 0.25) is 0 Å². The largest absolute Gasteiger partial charge is 0.482 e. The van der Waals surface area contributed by atoms with E-state index in [9.17, 15) is 13.2 Å². The van der Waals surface area contributed by atoms with Crippen LogP contribution in [0.3, 0.4) is 0 Å². The van der Waals surface area contributed by atoms with Crippen LogP contribution in [0.25, 0.3) is 0 Å². The van der Waals surface area contributed by atoms with Gasteiger partial charge in [-0.25, -0.2) is 13.1 Å². The maximum absolute atomic E-state index is 12.3. The minimum Gasteiger partial charge on any atom is -0.482 e. The Kier molecular flexibility index (Phi) is 3.83. The van der Waals surface area contributed by atoms with Gasteiger partial charge in [-0.05, 0) is 43.6 Å². The highest BCUT2D eigenvalue weighted by Crippen LogP contribution is 2.30. The quantitative estimate of drug-likeness (QED) is 0.722. The van der Waals surface area contributed by atoms with Gasteiger partial charge >= 0.3 is 0 Å². The summed E-state index contributed by atoms with van der Waals surface area (Å²) in [5, 5.41) is 5.80. The zero-order chi connectivity index (χ0) is 14.9. The Bertz CT molecular complexity index is 653. The van der Waals surface area contributed by atoms with Crippen molar-refractivity contribution >= 4 is 21.6 Å². The van der Waals surface area contributed by atoms with Gasteiger partial charge in [0.1, 0.15) is 5.75 Å². The van der Waals surface area contributed by atoms with E-state index in [2.05, 4.69) is 15.4 Å². The Morgan fingerprint density at radius 1 is 1.38 bits per heavy atom. The SMILES string of the molecule is O=C1COc2ccc(S(=O)(=O)NCC3CCNC3)cc2N1. The van der Waals surface area contributed by atoms with Crippen LogP contribution in [0, 0.1) is 5.92 Å². The van der Waals surface area contributed by atoms with Crippen LogP contribution >= 0.6 is 0 Å². The van der Waals surface area contributed by atoms with Crippen molar-refractivity contribution in [1.29, 1.82) is 0 Å². The molecule has 2 aliphatic rings. The van der Waals surface area contributed by atoms with Crippen molar-refractivity contribution in [2.75, 3.05) is 31.6 Å². The number of anilines is 1. The van der Waals surface area contributed by atoms with Gasteiger partial charge in [0.2, 0.25) is 10.0 Å². The van der Waals surface area contributed by atoms with Gasteiger partial charge in [-0.1, -0.05) is 0 Å². The molecule has 0 bridgehead atoms. The molecule has 1 saturated heterocycles. The van der Waals surface area contributed by atoms with Gasteiger partial charge < -0.3 is 15.4 Å². The molecule has 8 heteroatoms. The Morgan fingerprint density at radius 3 is 3.00 bits per heavy atom. The van der Waals surface area contributed by atoms with Crippen molar-refractivity contribution in [2.45, 2.75) is 11.3 Å². The topological polar surface area (TPSA) is 96.5 Å². The van der Waals surface area contributed by atoms with Crippen molar-refractivity contribution < 1.29 is 17.9 Å². The number of hydrogen-bond donors (Lipinski definition) is 3. The average molecular weight is 311 g/mol. The lowest BCUT2D eigenvalue weighted by molar-refractivity contribution is -0.118. The maximum atomic E-state index is 12.3. The number of hydrogen-bond acceptors (Lipinski definition) is 5. The normalized spacial score (nSPS) is 21.5. The standard InChI is InChI=1S/C13H17N3O4S/c17-13-8-20-12-2-1-10(5-11(12)16-13)21(18,19)15-7-9-3-4-14-6-9/h1-2,5,9,14-15H,3-4,6-8H2,(H,16,17). The Hall–Kier alpha value is -1.64. The van der Waals surface area contributed by atoms with Crippen molar-refractivity contribution in [1.82, 2.24) is 10.0 Å². The third-order valence-electron chi connectivity index (χ3n) is 3.62. The molecule has 1 amide bonds. The highest BCUT2D eigenvalue weighted by atomic mass is 32.2. The lowest BCUT2D eigenvalue weighted by atomic mass is 10.1. The first-order valence-electron chi connectivity index (χ1n) is 6.82. The molecule has 2 heterocycles. The summed E-state index contributed by atoms with van der Waals surface area (Å²) in [4.78, 5) is 11.4. The second kappa shape index (κ2) is 5.63. The molecule has 1 atom stereocenters. The van der Waals surface area contributed by atoms with Crippen LogP contribution in [0.5, 0.6) is 5.75 Å². The second-order valence-electron chi connectivity index (χ2n) is 5.21. The molecular formula is C13H17N3O4S. The molecule has 7 nitrogen and oxygen atoms in total. The van der Waals surface area contributed by atoms with Gasteiger partial charge in [0.15, 0.2) is 6.61 Å². The molecule has 1 aromatic rings. The average Bonchev–Trinajstić information content (AvgIpc) is 2.98. The zero-order valence-electron chi connectivity index (χ0n) is 11.4. The molecule has 1 aromatic carbocycles. The minimum atomic E-state index is -3.58. The summed E-state index contributed by atoms with van der Waals surface area (Å²) in [7, 11) is -3.58. The van der Waals surface area contributed by atoms with Gasteiger partial charge in [0.05, 0.1) is 10.6 Å². The monoisotopic (exact) mass is 311 g/mol. The molecule has 0 saturated carbocycles. The van der Waals surface area contributed by atoms with Crippen LogP contribution in [0.1, 0.15) is 6.42 Å². The van der Waals surface area contributed by atoms with Crippen molar-refractivity contribution in [3.63, 3.8) is 0 Å². The highest BCUT2D eigenvalue weighted by Gasteiger charge is 2.22. The number of carbonyl (C=O) groups excluding carboxylic acids is 1. The lowest BCUT2D eigenvalue weighted by Crippen LogP contribution is -2.31. The van der Waals surface area contributed by atoms with Crippen molar-refractivity contribution in [3.05, 3.63) is 18.2 Å². The molecule has 3 rings (SSSR count). The summed E-state index contributed by atoms with van der Waals surface area (Å²) in [5.74, 6) is 0.510. The number of benzene rings is 1. The summed E-state index contributed by atoms with van der Waals surface area (Å²) < 4.78 is 32.4. The molecule has 0 aliphatic carbocycles. The number of fused-ring (bicyclic) bond motifs is 1. The van der Waals surface area contributed by atoms with E-state index in [1.807, 2.05) is 0 Å². The number of nitrogens with one attached hydrogen (secondary N) is 3. The molecule has 1 unspecified atom stereocenters. The predicted molar refractivity (Wildman–Crippen MR) is 76.7 cm³/mol. The fraction of sp³-hybridized carbons (Fsp3) is 0.462. The number of ether oxygens (including phenoxy) is 1. The Labute approximate surface area is 123 Å².